The smallest absolute Gasteiger partial charge is 0.182 e. The Balaban J connectivity index is 2.14. The molecule has 0 N–H and O–H groups in total. The minimum atomic E-state index is -1.67. The standard InChI is InChI=1S/C18H16N4O/c1-16(2,3)23-14-6-11-12-4-5-13(15(11)14)18(9-21,10-22)17(12,7-19)8-20/h4-6,11-13,15H,1-3H3/t11-,12-,13-,15-/m0/s1. The highest BCUT2D eigenvalue weighted by molar-refractivity contribution is 5.49. The second-order valence-corrected chi connectivity index (χ2v) is 7.39. The third kappa shape index (κ3) is 1.58. The number of ether oxygens (including phenoxy) is 1. The van der Waals surface area contributed by atoms with E-state index >= 15 is 0 Å². The molecule has 0 aromatic carbocycles. The lowest BCUT2D eigenvalue weighted by atomic mass is 9.38. The zero-order chi connectivity index (χ0) is 17.0. The molecule has 23 heavy (non-hydrogen) atoms. The number of nitrogens with zero attached hydrogens (tertiary/aromatic N) is 4. The zero-order valence-electron chi connectivity index (χ0n) is 13.2. The number of nitriles is 4. The molecule has 1 fully saturated rings. The molecule has 5 nitrogen and oxygen atoms in total. The van der Waals surface area contributed by atoms with Crippen LogP contribution in [0.1, 0.15) is 20.8 Å². The first-order chi connectivity index (χ1) is 10.8. The zero-order valence-corrected chi connectivity index (χ0v) is 13.2. The molecule has 0 aliphatic heterocycles. The van der Waals surface area contributed by atoms with Crippen LogP contribution in [-0.2, 0) is 4.74 Å². The molecule has 0 aromatic rings. The Morgan fingerprint density at radius 3 is 1.87 bits per heavy atom. The SMILES string of the molecule is CC(C)(C)OC1=C[C@@H]2[C@H]1[C@@H]1C=C[C@@H]2C(C#N)(C#N)C1(C#N)C#N. The molecule has 114 valence electrons. The molecule has 0 spiro atoms. The normalized spacial score (nSPS) is 34.5. The van der Waals surface area contributed by atoms with Gasteiger partial charge in [0.15, 0.2) is 10.8 Å². The minimum absolute atomic E-state index is 0.0310. The lowest BCUT2D eigenvalue weighted by molar-refractivity contribution is -0.0644. The summed E-state index contributed by atoms with van der Waals surface area (Å²) in [6, 6.07) is 8.06. The number of allylic oxidation sites excluding steroid dienone is 4. The van der Waals surface area contributed by atoms with Gasteiger partial charge in [-0.15, -0.1) is 0 Å². The monoisotopic (exact) mass is 304 g/mol. The van der Waals surface area contributed by atoms with Crippen LogP contribution >= 0.6 is 0 Å². The van der Waals surface area contributed by atoms with Crippen molar-refractivity contribution in [3.05, 3.63) is 24.0 Å². The molecule has 0 amide bonds. The average Bonchev–Trinajstić information content (AvgIpc) is 2.50. The lowest BCUT2D eigenvalue weighted by Crippen LogP contribution is -2.63. The maximum atomic E-state index is 9.74. The fraction of sp³-hybridized carbons (Fsp3) is 0.556. The molecule has 0 radical (unpaired) electrons. The molecule has 5 heteroatoms. The van der Waals surface area contributed by atoms with Crippen LogP contribution in [0.3, 0.4) is 0 Å². The van der Waals surface area contributed by atoms with Crippen molar-refractivity contribution >= 4 is 0 Å². The van der Waals surface area contributed by atoms with E-state index in [0.717, 1.165) is 5.76 Å². The van der Waals surface area contributed by atoms with Gasteiger partial charge in [0.2, 0.25) is 0 Å². The summed E-state index contributed by atoms with van der Waals surface area (Å²) in [5.74, 6) is -0.343. The summed E-state index contributed by atoms with van der Waals surface area (Å²) in [6.45, 7) is 5.82. The average molecular weight is 304 g/mol. The van der Waals surface area contributed by atoms with Gasteiger partial charge in [-0.3, -0.25) is 0 Å². The van der Waals surface area contributed by atoms with Gasteiger partial charge < -0.3 is 4.74 Å². The van der Waals surface area contributed by atoms with Crippen LogP contribution in [0.25, 0.3) is 0 Å². The number of rotatable bonds is 1. The first kappa shape index (κ1) is 15.1. The number of hydrogen-bond donors (Lipinski definition) is 0. The molecule has 2 bridgehead atoms. The van der Waals surface area contributed by atoms with E-state index in [2.05, 4.69) is 0 Å². The third-order valence-corrected chi connectivity index (χ3v) is 5.18. The molecule has 0 heterocycles. The summed E-state index contributed by atoms with van der Waals surface area (Å²) in [7, 11) is 0. The Bertz CT molecular complexity index is 759. The van der Waals surface area contributed by atoms with Crippen LogP contribution in [-0.4, -0.2) is 5.60 Å². The fourth-order valence-electron chi connectivity index (χ4n) is 4.24. The molecule has 4 atom stereocenters. The summed E-state index contributed by atoms with van der Waals surface area (Å²) in [5.41, 5.74) is -3.68. The Hall–Kier alpha value is -2.76. The van der Waals surface area contributed by atoms with E-state index < -0.39 is 22.7 Å². The Morgan fingerprint density at radius 2 is 1.39 bits per heavy atom. The number of hydrogen-bond acceptors (Lipinski definition) is 5. The Kier molecular flexibility index (Phi) is 2.88. The molecule has 0 aromatic heterocycles. The van der Waals surface area contributed by atoms with Crippen LogP contribution in [0, 0.1) is 79.8 Å². The maximum absolute atomic E-state index is 9.74. The molecule has 4 rings (SSSR count). The van der Waals surface area contributed by atoms with E-state index in [1.165, 1.54) is 0 Å². The van der Waals surface area contributed by atoms with Crippen molar-refractivity contribution in [2.75, 3.05) is 0 Å². The summed E-state index contributed by atoms with van der Waals surface area (Å²) in [4.78, 5) is 0. The predicted molar refractivity (Wildman–Crippen MR) is 79.3 cm³/mol. The topological polar surface area (TPSA) is 104 Å². The van der Waals surface area contributed by atoms with Crippen molar-refractivity contribution in [1.29, 1.82) is 21.0 Å². The third-order valence-electron chi connectivity index (χ3n) is 5.18. The van der Waals surface area contributed by atoms with Crippen molar-refractivity contribution in [3.8, 4) is 24.3 Å². The van der Waals surface area contributed by atoms with Gasteiger partial charge in [-0.2, -0.15) is 21.0 Å². The Morgan fingerprint density at radius 1 is 0.913 bits per heavy atom. The summed E-state index contributed by atoms with van der Waals surface area (Å²) in [5, 5.41) is 38.8. The van der Waals surface area contributed by atoms with E-state index in [9.17, 15) is 21.0 Å². The van der Waals surface area contributed by atoms with E-state index in [1.54, 1.807) is 0 Å². The summed E-state index contributed by atoms with van der Waals surface area (Å²) >= 11 is 0. The first-order valence-electron chi connectivity index (χ1n) is 7.54. The molecule has 1 saturated carbocycles. The van der Waals surface area contributed by atoms with Crippen molar-refractivity contribution in [1.82, 2.24) is 0 Å². The number of fused-ring (bicyclic) bond motifs is 1. The van der Waals surface area contributed by atoms with E-state index in [1.807, 2.05) is 63.3 Å². The van der Waals surface area contributed by atoms with Crippen molar-refractivity contribution in [2.24, 2.45) is 34.5 Å². The highest BCUT2D eigenvalue weighted by Crippen LogP contribution is 2.68. The van der Waals surface area contributed by atoms with Gasteiger partial charge in [0, 0.05) is 17.8 Å². The van der Waals surface area contributed by atoms with E-state index in [-0.39, 0.29) is 17.4 Å². The van der Waals surface area contributed by atoms with Gasteiger partial charge in [-0.25, -0.2) is 0 Å². The molecule has 0 unspecified atom stereocenters. The summed E-state index contributed by atoms with van der Waals surface area (Å²) < 4.78 is 5.96. The predicted octanol–water partition coefficient (Wildman–Crippen LogP) is 2.81. The van der Waals surface area contributed by atoms with Crippen LogP contribution < -0.4 is 0 Å². The fourth-order valence-corrected chi connectivity index (χ4v) is 4.24. The van der Waals surface area contributed by atoms with Crippen LogP contribution in [0.4, 0.5) is 0 Å². The van der Waals surface area contributed by atoms with Gasteiger partial charge in [-0.05, 0) is 32.8 Å². The first-order valence-corrected chi connectivity index (χ1v) is 7.54. The van der Waals surface area contributed by atoms with Crippen LogP contribution in [0.5, 0.6) is 0 Å². The van der Waals surface area contributed by atoms with Crippen molar-refractivity contribution < 1.29 is 4.74 Å². The van der Waals surface area contributed by atoms with Crippen molar-refractivity contribution in [3.63, 3.8) is 0 Å². The van der Waals surface area contributed by atoms with Gasteiger partial charge in [-0.1, -0.05) is 12.2 Å². The van der Waals surface area contributed by atoms with E-state index in [4.69, 9.17) is 4.74 Å². The van der Waals surface area contributed by atoms with E-state index in [0.29, 0.717) is 0 Å². The molecule has 0 saturated heterocycles. The molecule has 4 aliphatic rings. The molecule has 4 aliphatic carbocycles. The lowest BCUT2D eigenvalue weighted by Gasteiger charge is -2.59. The largest absolute Gasteiger partial charge is 0.492 e. The Labute approximate surface area is 135 Å². The summed E-state index contributed by atoms with van der Waals surface area (Å²) in [6.07, 6.45) is 5.60. The van der Waals surface area contributed by atoms with Gasteiger partial charge in [0.25, 0.3) is 0 Å². The quantitative estimate of drug-likeness (QED) is 0.693. The van der Waals surface area contributed by atoms with Gasteiger partial charge in [0.1, 0.15) is 5.60 Å². The van der Waals surface area contributed by atoms with Gasteiger partial charge in [0.05, 0.1) is 30.0 Å². The molecular weight excluding hydrogens is 288 g/mol. The second-order valence-electron chi connectivity index (χ2n) is 7.39. The van der Waals surface area contributed by atoms with Crippen molar-refractivity contribution in [2.45, 2.75) is 26.4 Å². The minimum Gasteiger partial charge on any atom is -0.492 e. The second kappa shape index (κ2) is 4.38. The molecular formula is C18H16N4O. The highest BCUT2D eigenvalue weighted by Gasteiger charge is 2.73. The maximum Gasteiger partial charge on any atom is 0.182 e. The van der Waals surface area contributed by atoms with Gasteiger partial charge >= 0.3 is 0 Å². The van der Waals surface area contributed by atoms with Crippen LogP contribution in [0.15, 0.2) is 24.0 Å². The van der Waals surface area contributed by atoms with Crippen LogP contribution in [0.2, 0.25) is 0 Å². The highest BCUT2D eigenvalue weighted by atomic mass is 16.5.